The Labute approximate surface area is 192 Å². The molecule has 7 nitrogen and oxygen atoms in total. The molecule has 32 heavy (non-hydrogen) atoms. The van der Waals surface area contributed by atoms with Gasteiger partial charge in [-0.3, -0.25) is 10.2 Å². The van der Waals surface area contributed by atoms with Crippen LogP contribution in [0.2, 0.25) is 0 Å². The Hall–Kier alpha value is -3.00. The summed E-state index contributed by atoms with van der Waals surface area (Å²) < 4.78 is 0. The lowest BCUT2D eigenvalue weighted by molar-refractivity contribution is 0.0927. The van der Waals surface area contributed by atoms with Gasteiger partial charge in [-0.2, -0.15) is 0 Å². The highest BCUT2D eigenvalue weighted by atomic mass is 32.2. The molecule has 0 atom stereocenters. The van der Waals surface area contributed by atoms with Gasteiger partial charge in [0.25, 0.3) is 5.91 Å². The first-order chi connectivity index (χ1) is 15.4. The van der Waals surface area contributed by atoms with E-state index in [4.69, 9.17) is 10.8 Å². The fourth-order valence-electron chi connectivity index (χ4n) is 4.05. The second-order valence-corrected chi connectivity index (χ2v) is 9.34. The number of amides is 1. The first-order valence-corrected chi connectivity index (χ1v) is 11.8. The monoisotopic (exact) mass is 448 g/mol. The summed E-state index contributed by atoms with van der Waals surface area (Å²) in [6.45, 7) is 4.12. The van der Waals surface area contributed by atoms with Crippen molar-refractivity contribution in [3.05, 3.63) is 53.0 Å². The molecule has 0 unspecified atom stereocenters. The zero-order chi connectivity index (χ0) is 22.7. The van der Waals surface area contributed by atoms with Crippen LogP contribution in [0.25, 0.3) is 5.57 Å². The van der Waals surface area contributed by atoms with Crippen LogP contribution in [-0.2, 0) is 6.54 Å². The Morgan fingerprint density at radius 1 is 1.12 bits per heavy atom. The number of nitrogens with one attached hydrogen (secondary N) is 4. The van der Waals surface area contributed by atoms with Gasteiger partial charge in [-0.25, -0.2) is 9.97 Å². The van der Waals surface area contributed by atoms with Crippen molar-refractivity contribution in [2.24, 2.45) is 0 Å². The van der Waals surface area contributed by atoms with E-state index in [0.29, 0.717) is 46.0 Å². The summed E-state index contributed by atoms with van der Waals surface area (Å²) in [6.07, 6.45) is 7.29. The average Bonchev–Trinajstić information content (AvgIpc) is 3.14. The third-order valence-electron chi connectivity index (χ3n) is 6.03. The van der Waals surface area contributed by atoms with E-state index in [2.05, 4.69) is 20.6 Å². The lowest BCUT2D eigenvalue weighted by Gasteiger charge is -2.22. The molecule has 1 fully saturated rings. The molecular weight excluding hydrogens is 420 g/mol. The van der Waals surface area contributed by atoms with E-state index in [1.54, 1.807) is 6.92 Å². The highest BCUT2D eigenvalue weighted by Crippen LogP contribution is 2.44. The molecule has 0 bridgehead atoms. The molecule has 4 N–H and O–H groups in total. The molecule has 1 aliphatic carbocycles. The van der Waals surface area contributed by atoms with Crippen LogP contribution in [0.1, 0.15) is 67.6 Å². The predicted octanol–water partition coefficient (Wildman–Crippen LogP) is 5.05. The molecule has 0 saturated heterocycles. The van der Waals surface area contributed by atoms with Crippen LogP contribution in [0.4, 0.5) is 5.82 Å². The van der Waals surface area contributed by atoms with Gasteiger partial charge in [-0.1, -0.05) is 43.2 Å². The molecule has 2 aromatic rings. The highest BCUT2D eigenvalue weighted by Gasteiger charge is 2.29. The van der Waals surface area contributed by atoms with E-state index in [1.165, 1.54) is 37.4 Å². The van der Waals surface area contributed by atoms with Crippen LogP contribution in [0.15, 0.2) is 41.1 Å². The standard InChI is InChI=1S/C24H28N6OS/c1-14(15(2)25)19-20-21(32-22(19)26)23(29-13-28-20)27-12-16-8-10-17(11-9-16)24(31)30-18-6-4-3-5-7-18/h8-11,13,18,25-26H,3-7,12H2,1-2H3,(H,30,31)(H,27,28,29)/b19-14-,25-15?,26-22?. The van der Waals surface area contributed by atoms with Gasteiger partial charge in [0.05, 0.1) is 10.6 Å². The summed E-state index contributed by atoms with van der Waals surface area (Å²) in [4.78, 5) is 22.1. The number of fused-ring (bicyclic) bond motifs is 1. The summed E-state index contributed by atoms with van der Waals surface area (Å²) in [5, 5.41) is 23.1. The first kappa shape index (κ1) is 22.2. The molecule has 0 radical (unpaired) electrons. The van der Waals surface area contributed by atoms with Crippen LogP contribution < -0.4 is 10.6 Å². The van der Waals surface area contributed by atoms with E-state index < -0.39 is 0 Å². The van der Waals surface area contributed by atoms with Crippen LogP contribution in [-0.4, -0.2) is 32.7 Å². The fraction of sp³-hybridized carbons (Fsp3) is 0.375. The number of allylic oxidation sites excluding steroid dienone is 1. The summed E-state index contributed by atoms with van der Waals surface area (Å²) in [6, 6.07) is 7.93. The maximum absolute atomic E-state index is 12.5. The van der Waals surface area contributed by atoms with E-state index in [-0.39, 0.29) is 5.91 Å². The van der Waals surface area contributed by atoms with Gasteiger partial charge < -0.3 is 16.0 Å². The number of rotatable bonds is 6. The quantitative estimate of drug-likeness (QED) is 0.462. The van der Waals surface area contributed by atoms with Gasteiger partial charge >= 0.3 is 0 Å². The maximum atomic E-state index is 12.5. The maximum Gasteiger partial charge on any atom is 0.251 e. The molecule has 1 saturated carbocycles. The molecule has 1 aromatic carbocycles. The largest absolute Gasteiger partial charge is 0.365 e. The van der Waals surface area contributed by atoms with Gasteiger partial charge in [-0.15, -0.1) is 0 Å². The Kier molecular flexibility index (Phi) is 6.69. The van der Waals surface area contributed by atoms with E-state index >= 15 is 0 Å². The van der Waals surface area contributed by atoms with Crippen LogP contribution in [0, 0.1) is 10.8 Å². The van der Waals surface area contributed by atoms with Crippen molar-refractivity contribution in [1.29, 1.82) is 10.8 Å². The normalized spacial score (nSPS) is 17.6. The minimum atomic E-state index is -0.00359. The zero-order valence-electron chi connectivity index (χ0n) is 18.4. The van der Waals surface area contributed by atoms with Crippen molar-refractivity contribution in [1.82, 2.24) is 15.3 Å². The van der Waals surface area contributed by atoms with Crippen molar-refractivity contribution < 1.29 is 4.79 Å². The Bertz CT molecular complexity index is 1090. The average molecular weight is 449 g/mol. The molecular formula is C24H28N6OS. The van der Waals surface area contributed by atoms with Crippen molar-refractivity contribution in [2.75, 3.05) is 5.32 Å². The van der Waals surface area contributed by atoms with Gasteiger partial charge in [0.2, 0.25) is 0 Å². The van der Waals surface area contributed by atoms with Crippen molar-refractivity contribution in [2.45, 2.75) is 63.4 Å². The molecule has 8 heteroatoms. The van der Waals surface area contributed by atoms with E-state index in [1.807, 2.05) is 31.2 Å². The van der Waals surface area contributed by atoms with Crippen LogP contribution in [0.5, 0.6) is 0 Å². The number of nitrogens with zero attached hydrogens (tertiary/aromatic N) is 2. The van der Waals surface area contributed by atoms with Gasteiger partial charge in [0, 0.05) is 29.4 Å². The number of benzene rings is 1. The molecule has 166 valence electrons. The lowest BCUT2D eigenvalue weighted by Crippen LogP contribution is -2.36. The summed E-state index contributed by atoms with van der Waals surface area (Å²) in [5.41, 5.74) is 4.31. The predicted molar refractivity (Wildman–Crippen MR) is 130 cm³/mol. The number of anilines is 1. The summed E-state index contributed by atoms with van der Waals surface area (Å²) >= 11 is 1.32. The number of aromatic nitrogens is 2. The lowest BCUT2D eigenvalue weighted by atomic mass is 9.95. The SMILES string of the molecule is CC(=N)/C(C)=C1\C(=N)Sc2c(NCc3ccc(C(=O)NC4CCCCC4)cc3)ncnc21. The number of hydrogen-bond donors (Lipinski definition) is 4. The molecule has 0 spiro atoms. The number of hydrogen-bond acceptors (Lipinski definition) is 7. The van der Waals surface area contributed by atoms with Crippen LogP contribution >= 0.6 is 11.8 Å². The second kappa shape index (κ2) is 9.65. The third-order valence-corrected chi connectivity index (χ3v) is 7.02. The molecule has 1 aliphatic heterocycles. The molecule has 1 amide bonds. The van der Waals surface area contributed by atoms with Crippen molar-refractivity contribution >= 4 is 39.8 Å². The third kappa shape index (κ3) is 4.75. The first-order valence-electron chi connectivity index (χ1n) is 11.0. The molecule has 1 aromatic heterocycles. The minimum absolute atomic E-state index is 0.00359. The number of thioether (sulfide) groups is 1. The smallest absolute Gasteiger partial charge is 0.251 e. The topological polar surface area (TPSA) is 115 Å². The van der Waals surface area contributed by atoms with Gasteiger partial charge in [0.1, 0.15) is 17.2 Å². The van der Waals surface area contributed by atoms with E-state index in [0.717, 1.165) is 28.9 Å². The van der Waals surface area contributed by atoms with Gasteiger partial charge in [-0.05, 0) is 50.0 Å². The van der Waals surface area contributed by atoms with Crippen LogP contribution in [0.3, 0.4) is 0 Å². The van der Waals surface area contributed by atoms with Crippen molar-refractivity contribution in [3.63, 3.8) is 0 Å². The molecule has 2 heterocycles. The van der Waals surface area contributed by atoms with Gasteiger partial charge in [0.15, 0.2) is 0 Å². The fourth-order valence-corrected chi connectivity index (χ4v) is 5.07. The second-order valence-electron chi connectivity index (χ2n) is 8.32. The zero-order valence-corrected chi connectivity index (χ0v) is 19.2. The Morgan fingerprint density at radius 3 is 2.53 bits per heavy atom. The Balaban J connectivity index is 1.43. The molecule has 4 rings (SSSR count). The summed E-state index contributed by atoms with van der Waals surface area (Å²) in [5.74, 6) is 0.672. The van der Waals surface area contributed by atoms with Crippen molar-refractivity contribution in [3.8, 4) is 0 Å². The number of carbonyl (C=O) groups excluding carboxylic acids is 1. The highest BCUT2D eigenvalue weighted by molar-refractivity contribution is 8.15. The molecule has 2 aliphatic rings. The minimum Gasteiger partial charge on any atom is -0.365 e. The Morgan fingerprint density at radius 2 is 1.84 bits per heavy atom. The summed E-state index contributed by atoms with van der Waals surface area (Å²) in [7, 11) is 0. The number of carbonyl (C=O) groups is 1. The van der Waals surface area contributed by atoms with E-state index in [9.17, 15) is 4.79 Å².